The first-order valence-electron chi connectivity index (χ1n) is 6.32. The van der Waals surface area contributed by atoms with E-state index in [1.54, 1.807) is 12.1 Å². The molecule has 2 aromatic rings. The maximum atomic E-state index is 12.4. The van der Waals surface area contributed by atoms with Crippen LogP contribution in [0.2, 0.25) is 0 Å². The molecule has 0 spiro atoms. The van der Waals surface area contributed by atoms with Crippen LogP contribution in [0.25, 0.3) is 0 Å². The number of alkyl halides is 3. The number of nitrogens with one attached hydrogen (secondary N) is 1. The first kappa shape index (κ1) is 16.2. The number of rotatable bonds is 4. The Morgan fingerprint density at radius 3 is 2.23 bits per heavy atom. The van der Waals surface area contributed by atoms with Gasteiger partial charge >= 0.3 is 6.18 Å². The van der Waals surface area contributed by atoms with Crippen molar-refractivity contribution in [1.82, 2.24) is 5.32 Å². The van der Waals surface area contributed by atoms with Gasteiger partial charge in [-0.2, -0.15) is 13.2 Å². The molecule has 0 saturated heterocycles. The first-order valence-corrected chi connectivity index (χ1v) is 7.14. The number of halogens is 3. The molecule has 0 radical (unpaired) electrons. The third kappa shape index (κ3) is 3.94. The molecule has 0 saturated carbocycles. The summed E-state index contributed by atoms with van der Waals surface area (Å²) in [5.41, 5.74) is -0.752. The molecule has 1 heterocycles. The van der Waals surface area contributed by atoms with Gasteiger partial charge in [-0.05, 0) is 43.3 Å². The number of thiophene rings is 1. The molecule has 1 N–H and O–H groups in total. The second kappa shape index (κ2) is 6.31. The zero-order chi connectivity index (χ0) is 16.3. The van der Waals surface area contributed by atoms with Gasteiger partial charge in [-0.25, -0.2) is 0 Å². The number of carbonyl (C=O) groups is 2. The largest absolute Gasteiger partial charge is 0.416 e. The molecule has 0 unspecified atom stereocenters. The minimum atomic E-state index is -4.44. The van der Waals surface area contributed by atoms with Crippen molar-refractivity contribution in [2.75, 3.05) is 6.54 Å². The van der Waals surface area contributed by atoms with Gasteiger partial charge in [0.05, 0.1) is 17.0 Å². The molecule has 1 aromatic carbocycles. The van der Waals surface area contributed by atoms with Crippen molar-refractivity contribution in [3.05, 3.63) is 57.3 Å². The summed E-state index contributed by atoms with van der Waals surface area (Å²) in [6, 6.07) is 7.30. The zero-order valence-electron chi connectivity index (χ0n) is 11.5. The Balaban J connectivity index is 1.96. The lowest BCUT2D eigenvalue weighted by molar-refractivity contribution is -0.137. The monoisotopic (exact) mass is 327 g/mol. The quantitative estimate of drug-likeness (QED) is 0.871. The van der Waals surface area contributed by atoms with Gasteiger partial charge in [0.15, 0.2) is 5.78 Å². The Morgan fingerprint density at radius 2 is 1.73 bits per heavy atom. The van der Waals surface area contributed by atoms with E-state index in [1.807, 2.05) is 6.92 Å². The molecule has 0 aliphatic rings. The highest BCUT2D eigenvalue weighted by Gasteiger charge is 2.30. The third-order valence-electron chi connectivity index (χ3n) is 2.90. The Labute approximate surface area is 128 Å². The van der Waals surface area contributed by atoms with Gasteiger partial charge in [0.1, 0.15) is 0 Å². The number of aryl methyl sites for hydroxylation is 1. The first-order chi connectivity index (χ1) is 10.3. The van der Waals surface area contributed by atoms with Crippen LogP contribution in [0.3, 0.4) is 0 Å². The van der Waals surface area contributed by atoms with E-state index < -0.39 is 17.6 Å². The van der Waals surface area contributed by atoms with Gasteiger partial charge in [0, 0.05) is 10.4 Å². The maximum absolute atomic E-state index is 12.4. The number of benzene rings is 1. The lowest BCUT2D eigenvalue weighted by Crippen LogP contribution is -2.29. The van der Waals surface area contributed by atoms with Crippen molar-refractivity contribution < 1.29 is 22.8 Å². The molecule has 0 atom stereocenters. The highest BCUT2D eigenvalue weighted by Crippen LogP contribution is 2.29. The third-order valence-corrected chi connectivity index (χ3v) is 3.94. The Morgan fingerprint density at radius 1 is 1.09 bits per heavy atom. The SMILES string of the molecule is Cc1ccc(C(=O)CNC(=O)c2ccc(C(F)(F)F)cc2)s1. The molecule has 0 bridgehead atoms. The summed E-state index contributed by atoms with van der Waals surface area (Å²) in [6.45, 7) is 1.67. The number of hydrogen-bond donors (Lipinski definition) is 1. The lowest BCUT2D eigenvalue weighted by Gasteiger charge is -2.08. The fourth-order valence-corrected chi connectivity index (χ4v) is 2.55. The molecule has 2 rings (SSSR count). The summed E-state index contributed by atoms with van der Waals surface area (Å²) < 4.78 is 37.3. The Kier molecular flexibility index (Phi) is 4.65. The van der Waals surface area contributed by atoms with Crippen molar-refractivity contribution in [2.24, 2.45) is 0 Å². The van der Waals surface area contributed by atoms with Crippen LogP contribution in [0.15, 0.2) is 36.4 Å². The second-order valence-corrected chi connectivity index (χ2v) is 5.88. The molecule has 3 nitrogen and oxygen atoms in total. The van der Waals surface area contributed by atoms with Gasteiger partial charge < -0.3 is 5.32 Å². The average Bonchev–Trinajstić information content (AvgIpc) is 2.90. The van der Waals surface area contributed by atoms with Crippen LogP contribution in [0.1, 0.15) is 30.5 Å². The van der Waals surface area contributed by atoms with E-state index >= 15 is 0 Å². The number of amides is 1. The predicted molar refractivity (Wildman–Crippen MR) is 77.2 cm³/mol. The van der Waals surface area contributed by atoms with E-state index in [0.717, 1.165) is 29.1 Å². The minimum Gasteiger partial charge on any atom is -0.345 e. The molecule has 1 aromatic heterocycles. The van der Waals surface area contributed by atoms with Crippen molar-refractivity contribution in [3.63, 3.8) is 0 Å². The second-order valence-electron chi connectivity index (χ2n) is 4.59. The molecule has 0 fully saturated rings. The highest BCUT2D eigenvalue weighted by molar-refractivity contribution is 7.14. The standard InChI is InChI=1S/C15H12F3NO2S/c1-9-2-7-13(22-9)12(20)8-19-14(21)10-3-5-11(6-4-10)15(16,17)18/h2-7H,8H2,1H3,(H,19,21). The summed E-state index contributed by atoms with van der Waals surface area (Å²) in [5.74, 6) is -0.825. The fourth-order valence-electron chi connectivity index (χ4n) is 1.74. The van der Waals surface area contributed by atoms with Crippen LogP contribution in [-0.4, -0.2) is 18.2 Å². The molecule has 0 aliphatic heterocycles. The van der Waals surface area contributed by atoms with E-state index in [0.29, 0.717) is 4.88 Å². The van der Waals surface area contributed by atoms with Gasteiger partial charge in [-0.1, -0.05) is 0 Å². The van der Waals surface area contributed by atoms with Crippen LogP contribution in [-0.2, 0) is 6.18 Å². The van der Waals surface area contributed by atoms with Gasteiger partial charge in [0.25, 0.3) is 5.91 Å². The summed E-state index contributed by atoms with van der Waals surface area (Å²) in [4.78, 5) is 25.1. The Bertz CT molecular complexity index is 690. The van der Waals surface area contributed by atoms with Crippen LogP contribution < -0.4 is 5.32 Å². The van der Waals surface area contributed by atoms with Gasteiger partial charge in [0.2, 0.25) is 0 Å². The summed E-state index contributed by atoms with van der Waals surface area (Å²) >= 11 is 1.32. The number of hydrogen-bond acceptors (Lipinski definition) is 3. The van der Waals surface area contributed by atoms with E-state index in [4.69, 9.17) is 0 Å². The van der Waals surface area contributed by atoms with Gasteiger partial charge in [-0.3, -0.25) is 9.59 Å². The summed E-state index contributed by atoms with van der Waals surface area (Å²) in [7, 11) is 0. The lowest BCUT2D eigenvalue weighted by atomic mass is 10.1. The summed E-state index contributed by atoms with van der Waals surface area (Å²) in [5, 5.41) is 2.40. The van der Waals surface area contributed by atoms with Crippen LogP contribution in [0.4, 0.5) is 13.2 Å². The number of carbonyl (C=O) groups excluding carboxylic acids is 2. The molecule has 7 heteroatoms. The van der Waals surface area contributed by atoms with Gasteiger partial charge in [-0.15, -0.1) is 11.3 Å². The van der Waals surface area contributed by atoms with Crippen molar-refractivity contribution >= 4 is 23.0 Å². The minimum absolute atomic E-state index is 0.0724. The maximum Gasteiger partial charge on any atom is 0.416 e. The smallest absolute Gasteiger partial charge is 0.345 e. The van der Waals surface area contributed by atoms with Crippen LogP contribution in [0, 0.1) is 6.92 Å². The van der Waals surface area contributed by atoms with Crippen LogP contribution in [0.5, 0.6) is 0 Å². The van der Waals surface area contributed by atoms with Crippen LogP contribution >= 0.6 is 11.3 Å². The fraction of sp³-hybridized carbons (Fsp3) is 0.200. The molecular formula is C15H12F3NO2S. The van der Waals surface area contributed by atoms with E-state index in [-0.39, 0.29) is 17.9 Å². The normalized spacial score (nSPS) is 11.3. The van der Waals surface area contributed by atoms with E-state index in [2.05, 4.69) is 5.32 Å². The molecule has 1 amide bonds. The van der Waals surface area contributed by atoms with Crippen molar-refractivity contribution in [2.45, 2.75) is 13.1 Å². The predicted octanol–water partition coefficient (Wildman–Crippen LogP) is 3.69. The number of Topliss-reactive ketones (excluding diaryl/α,β-unsaturated/α-hetero) is 1. The highest BCUT2D eigenvalue weighted by atomic mass is 32.1. The van der Waals surface area contributed by atoms with Crippen molar-refractivity contribution in [1.29, 1.82) is 0 Å². The molecule has 22 heavy (non-hydrogen) atoms. The van der Waals surface area contributed by atoms with E-state index in [9.17, 15) is 22.8 Å². The van der Waals surface area contributed by atoms with Crippen molar-refractivity contribution in [3.8, 4) is 0 Å². The zero-order valence-corrected chi connectivity index (χ0v) is 12.3. The summed E-state index contributed by atoms with van der Waals surface area (Å²) in [6.07, 6.45) is -4.44. The average molecular weight is 327 g/mol. The topological polar surface area (TPSA) is 46.2 Å². The Hall–Kier alpha value is -2.15. The molecule has 0 aliphatic carbocycles. The number of ketones is 1. The van der Waals surface area contributed by atoms with E-state index in [1.165, 1.54) is 11.3 Å². The molecular weight excluding hydrogens is 315 g/mol. The molecule has 116 valence electrons.